The van der Waals surface area contributed by atoms with Gasteiger partial charge in [-0.2, -0.15) is 0 Å². The van der Waals surface area contributed by atoms with Gasteiger partial charge in [0.1, 0.15) is 0 Å². The first-order chi connectivity index (χ1) is 8.25. The van der Waals surface area contributed by atoms with Gasteiger partial charge in [-0.05, 0) is 30.9 Å². The fourth-order valence-corrected chi connectivity index (χ4v) is 2.71. The van der Waals surface area contributed by atoms with Crippen LogP contribution in [0.5, 0.6) is 0 Å². The fraction of sp³-hybridized carbons (Fsp3) is 0.500. The van der Waals surface area contributed by atoms with Crippen LogP contribution >= 0.6 is 0 Å². The van der Waals surface area contributed by atoms with E-state index in [-0.39, 0.29) is 0 Å². The van der Waals surface area contributed by atoms with Crippen LogP contribution in [0.25, 0.3) is 0 Å². The van der Waals surface area contributed by atoms with E-state index in [0.29, 0.717) is 18.5 Å². The summed E-state index contributed by atoms with van der Waals surface area (Å²) in [6.45, 7) is 1.58. The fourth-order valence-electron chi connectivity index (χ4n) is 2.35. The highest BCUT2D eigenvalue weighted by Gasteiger charge is 2.26. The lowest BCUT2D eigenvalue weighted by Gasteiger charge is -2.19. The summed E-state index contributed by atoms with van der Waals surface area (Å²) >= 11 is -1.90. The van der Waals surface area contributed by atoms with Crippen molar-refractivity contribution in [2.75, 3.05) is 13.1 Å². The molecule has 0 radical (unpaired) electrons. The molecule has 0 aliphatic carbocycles. The molecule has 3 atom stereocenters. The lowest BCUT2D eigenvalue weighted by molar-refractivity contribution is 0.435. The van der Waals surface area contributed by atoms with Gasteiger partial charge in [0.2, 0.25) is 11.3 Å². The highest BCUT2D eigenvalue weighted by Crippen LogP contribution is 2.18. The lowest BCUT2D eigenvalue weighted by Crippen LogP contribution is -2.35. The molecular weight excluding hydrogens is 236 g/mol. The van der Waals surface area contributed by atoms with Crippen LogP contribution in [0.4, 0.5) is 0 Å². The molecule has 3 unspecified atom stereocenters. The van der Waals surface area contributed by atoms with E-state index in [0.717, 1.165) is 19.4 Å². The number of hydrogen-bond acceptors (Lipinski definition) is 2. The van der Waals surface area contributed by atoms with Gasteiger partial charge in [-0.1, -0.05) is 30.3 Å². The summed E-state index contributed by atoms with van der Waals surface area (Å²) in [6.07, 6.45) is 2.03. The van der Waals surface area contributed by atoms with Crippen molar-refractivity contribution in [1.82, 2.24) is 10.0 Å². The predicted octanol–water partition coefficient (Wildman–Crippen LogP) is 0.933. The zero-order valence-electron chi connectivity index (χ0n) is 9.63. The summed E-state index contributed by atoms with van der Waals surface area (Å²) in [5.41, 5.74) is 1.31. The van der Waals surface area contributed by atoms with Gasteiger partial charge in [0.15, 0.2) is 0 Å². The minimum atomic E-state index is -1.90. The Morgan fingerprint density at radius 3 is 2.88 bits per heavy atom. The SMILES string of the molecule is O=S(O)NCC1CCNC1Cc1ccccc1. The molecule has 1 aromatic carbocycles. The van der Waals surface area contributed by atoms with Crippen molar-refractivity contribution in [3.05, 3.63) is 35.9 Å². The van der Waals surface area contributed by atoms with Gasteiger partial charge in [-0.25, -0.2) is 8.93 Å². The largest absolute Gasteiger partial charge is 0.313 e. The second-order valence-electron chi connectivity index (χ2n) is 4.40. The number of nitrogens with one attached hydrogen (secondary N) is 2. The molecule has 0 aromatic heterocycles. The molecule has 94 valence electrons. The summed E-state index contributed by atoms with van der Waals surface area (Å²) in [5.74, 6) is 0.423. The zero-order chi connectivity index (χ0) is 12.1. The summed E-state index contributed by atoms with van der Waals surface area (Å²) in [7, 11) is 0. The predicted molar refractivity (Wildman–Crippen MR) is 68.8 cm³/mol. The van der Waals surface area contributed by atoms with Crippen LogP contribution < -0.4 is 10.0 Å². The highest BCUT2D eigenvalue weighted by atomic mass is 32.2. The van der Waals surface area contributed by atoms with Gasteiger partial charge in [-0.15, -0.1) is 0 Å². The minimum absolute atomic E-state index is 0.397. The molecule has 17 heavy (non-hydrogen) atoms. The summed E-state index contributed by atoms with van der Waals surface area (Å²) < 4.78 is 21.9. The molecule has 3 N–H and O–H groups in total. The molecule has 1 aliphatic heterocycles. The van der Waals surface area contributed by atoms with Crippen LogP contribution in [0, 0.1) is 5.92 Å². The molecule has 0 spiro atoms. The van der Waals surface area contributed by atoms with Gasteiger partial charge in [-0.3, -0.25) is 4.55 Å². The van der Waals surface area contributed by atoms with Crippen molar-refractivity contribution < 1.29 is 8.76 Å². The molecule has 1 heterocycles. The maximum Gasteiger partial charge on any atom is 0.231 e. The molecule has 4 nitrogen and oxygen atoms in total. The van der Waals surface area contributed by atoms with Crippen molar-refractivity contribution in [2.45, 2.75) is 18.9 Å². The molecule has 1 aromatic rings. The van der Waals surface area contributed by atoms with Crippen LogP contribution in [0.3, 0.4) is 0 Å². The van der Waals surface area contributed by atoms with E-state index >= 15 is 0 Å². The average molecular weight is 254 g/mol. The average Bonchev–Trinajstić information content (AvgIpc) is 2.75. The second kappa shape index (κ2) is 6.26. The van der Waals surface area contributed by atoms with E-state index in [9.17, 15) is 4.21 Å². The van der Waals surface area contributed by atoms with E-state index < -0.39 is 11.3 Å². The maximum atomic E-state index is 10.6. The Morgan fingerprint density at radius 2 is 2.18 bits per heavy atom. The third-order valence-electron chi connectivity index (χ3n) is 3.26. The van der Waals surface area contributed by atoms with Crippen molar-refractivity contribution in [1.29, 1.82) is 0 Å². The van der Waals surface area contributed by atoms with Gasteiger partial charge >= 0.3 is 0 Å². The molecule has 2 rings (SSSR count). The van der Waals surface area contributed by atoms with E-state index in [2.05, 4.69) is 22.2 Å². The second-order valence-corrected chi connectivity index (χ2v) is 5.18. The summed E-state index contributed by atoms with van der Waals surface area (Å²) in [5, 5.41) is 3.46. The lowest BCUT2D eigenvalue weighted by atomic mass is 9.95. The molecule has 1 saturated heterocycles. The van der Waals surface area contributed by atoms with E-state index in [4.69, 9.17) is 4.55 Å². The van der Waals surface area contributed by atoms with Gasteiger partial charge < -0.3 is 5.32 Å². The highest BCUT2D eigenvalue weighted by molar-refractivity contribution is 7.77. The standard InChI is InChI=1S/C12H18N2O2S/c15-17(16)14-9-11-6-7-13-12(11)8-10-4-2-1-3-5-10/h1-5,11-14H,6-9H2,(H,15,16). The molecule has 0 saturated carbocycles. The molecule has 1 aliphatic rings. The zero-order valence-corrected chi connectivity index (χ0v) is 10.5. The third kappa shape index (κ3) is 3.89. The monoisotopic (exact) mass is 254 g/mol. The first kappa shape index (κ1) is 12.7. The van der Waals surface area contributed by atoms with E-state index in [1.807, 2.05) is 18.2 Å². The van der Waals surface area contributed by atoms with Crippen LogP contribution in [0.1, 0.15) is 12.0 Å². The van der Waals surface area contributed by atoms with Crippen LogP contribution in [-0.4, -0.2) is 27.9 Å². The molecule has 1 fully saturated rings. The van der Waals surface area contributed by atoms with Crippen molar-refractivity contribution >= 4 is 11.3 Å². The van der Waals surface area contributed by atoms with Crippen LogP contribution in [0.15, 0.2) is 30.3 Å². The van der Waals surface area contributed by atoms with Crippen molar-refractivity contribution in [3.63, 3.8) is 0 Å². The Labute approximate surface area is 104 Å². The normalized spacial score (nSPS) is 25.9. The quantitative estimate of drug-likeness (QED) is 0.685. The number of rotatable bonds is 5. The smallest absolute Gasteiger partial charge is 0.231 e. The van der Waals surface area contributed by atoms with Gasteiger partial charge in [0, 0.05) is 12.6 Å². The van der Waals surface area contributed by atoms with E-state index in [1.165, 1.54) is 5.56 Å². The van der Waals surface area contributed by atoms with Crippen molar-refractivity contribution in [2.24, 2.45) is 5.92 Å². The number of benzene rings is 1. The Hall–Kier alpha value is -0.750. The Kier molecular flexibility index (Phi) is 4.67. The molecular formula is C12H18N2O2S. The summed E-state index contributed by atoms with van der Waals surface area (Å²) in [4.78, 5) is 0. The van der Waals surface area contributed by atoms with Crippen molar-refractivity contribution in [3.8, 4) is 0 Å². The van der Waals surface area contributed by atoms with Crippen LogP contribution in [0.2, 0.25) is 0 Å². The maximum absolute atomic E-state index is 10.6. The van der Waals surface area contributed by atoms with Gasteiger partial charge in [0.05, 0.1) is 0 Å². The van der Waals surface area contributed by atoms with Gasteiger partial charge in [0.25, 0.3) is 0 Å². The Bertz CT molecular complexity index is 372. The van der Waals surface area contributed by atoms with Crippen LogP contribution in [-0.2, 0) is 17.7 Å². The number of hydrogen-bond donors (Lipinski definition) is 3. The van der Waals surface area contributed by atoms with E-state index in [1.54, 1.807) is 0 Å². The first-order valence-electron chi connectivity index (χ1n) is 5.87. The third-order valence-corrected chi connectivity index (χ3v) is 3.67. The Balaban J connectivity index is 1.89. The molecule has 5 heteroatoms. The summed E-state index contributed by atoms with van der Waals surface area (Å²) in [6, 6.07) is 10.7. The topological polar surface area (TPSA) is 61.4 Å². The molecule has 0 amide bonds. The Morgan fingerprint density at radius 1 is 1.41 bits per heavy atom. The molecule has 0 bridgehead atoms. The minimum Gasteiger partial charge on any atom is -0.313 e. The first-order valence-corrected chi connectivity index (χ1v) is 6.98.